The van der Waals surface area contributed by atoms with Crippen LogP contribution in [0.2, 0.25) is 0 Å². The van der Waals surface area contributed by atoms with Crippen molar-refractivity contribution in [2.45, 2.75) is 31.3 Å². The zero-order chi connectivity index (χ0) is 12.4. The lowest BCUT2D eigenvalue weighted by Crippen LogP contribution is -2.33. The molecule has 16 heavy (non-hydrogen) atoms. The molecule has 0 unspecified atom stereocenters. The Morgan fingerprint density at radius 1 is 1.38 bits per heavy atom. The van der Waals surface area contributed by atoms with E-state index in [1.54, 1.807) is 20.8 Å². The zero-order valence-electron chi connectivity index (χ0n) is 9.19. The van der Waals surface area contributed by atoms with E-state index < -0.39 is 21.4 Å². The largest absolute Gasteiger partial charge is 0.281 e. The third-order valence-corrected chi connectivity index (χ3v) is 2.59. The molecule has 0 atom stereocenters. The van der Waals surface area contributed by atoms with Crippen LogP contribution in [0.3, 0.4) is 0 Å². The van der Waals surface area contributed by atoms with Crippen LogP contribution in [-0.4, -0.2) is 19.0 Å². The number of hydrogen-bond acceptors (Lipinski definition) is 4. The fourth-order valence-electron chi connectivity index (χ4n) is 0.767. The molecule has 0 saturated carbocycles. The van der Waals surface area contributed by atoms with E-state index in [-0.39, 0.29) is 4.90 Å². The van der Waals surface area contributed by atoms with Crippen LogP contribution < -0.4 is 4.89 Å². The minimum atomic E-state index is -3.89. The maximum Gasteiger partial charge on any atom is 0.264 e. The summed E-state index contributed by atoms with van der Waals surface area (Å²) in [7, 11) is -3.89. The molecule has 1 aromatic heterocycles. The van der Waals surface area contributed by atoms with Crippen LogP contribution in [0.15, 0.2) is 23.4 Å². The smallest absolute Gasteiger partial charge is 0.264 e. The first kappa shape index (κ1) is 13.0. The van der Waals surface area contributed by atoms with E-state index in [1.165, 1.54) is 0 Å². The summed E-state index contributed by atoms with van der Waals surface area (Å²) >= 11 is 0. The predicted molar refractivity (Wildman–Crippen MR) is 55.4 cm³/mol. The number of nitrogens with zero attached hydrogens (tertiary/aromatic N) is 1. The molecule has 0 aliphatic rings. The molecule has 0 aliphatic carbocycles. The van der Waals surface area contributed by atoms with Gasteiger partial charge in [-0.05, 0) is 26.8 Å². The SMILES string of the molecule is CC(C)(C)ONS(=O)(=O)c1cncc(F)c1. The van der Waals surface area contributed by atoms with Crippen molar-refractivity contribution in [3.63, 3.8) is 0 Å². The van der Waals surface area contributed by atoms with Crippen molar-refractivity contribution in [3.05, 3.63) is 24.3 Å². The minimum absolute atomic E-state index is 0.281. The van der Waals surface area contributed by atoms with E-state index >= 15 is 0 Å². The van der Waals surface area contributed by atoms with Gasteiger partial charge in [-0.1, -0.05) is 4.89 Å². The van der Waals surface area contributed by atoms with Crippen molar-refractivity contribution in [2.75, 3.05) is 0 Å². The first-order chi connectivity index (χ1) is 7.21. The summed E-state index contributed by atoms with van der Waals surface area (Å²) in [5.41, 5.74) is -0.673. The van der Waals surface area contributed by atoms with Gasteiger partial charge in [0.15, 0.2) is 0 Å². The molecule has 0 bridgehead atoms. The molecular weight excluding hydrogens is 235 g/mol. The molecule has 0 aliphatic heterocycles. The Kier molecular flexibility index (Phi) is 3.61. The summed E-state index contributed by atoms with van der Waals surface area (Å²) < 4.78 is 36.0. The van der Waals surface area contributed by atoms with Gasteiger partial charge >= 0.3 is 0 Å². The zero-order valence-corrected chi connectivity index (χ0v) is 10.0. The maximum atomic E-state index is 12.8. The molecule has 0 saturated heterocycles. The molecule has 1 aromatic rings. The van der Waals surface area contributed by atoms with Crippen molar-refractivity contribution in [1.29, 1.82) is 0 Å². The highest BCUT2D eigenvalue weighted by Crippen LogP contribution is 2.11. The molecule has 0 amide bonds. The van der Waals surface area contributed by atoms with Crippen LogP contribution in [0.25, 0.3) is 0 Å². The van der Waals surface area contributed by atoms with Crippen molar-refractivity contribution < 1.29 is 17.6 Å². The van der Waals surface area contributed by atoms with Crippen molar-refractivity contribution in [1.82, 2.24) is 9.87 Å². The highest BCUT2D eigenvalue weighted by Gasteiger charge is 2.19. The summed E-state index contributed by atoms with van der Waals surface area (Å²) in [6.45, 7) is 5.04. The summed E-state index contributed by atoms with van der Waals surface area (Å²) in [6.07, 6.45) is 1.96. The van der Waals surface area contributed by atoms with Gasteiger partial charge in [0.25, 0.3) is 10.0 Å². The van der Waals surface area contributed by atoms with Crippen molar-refractivity contribution >= 4 is 10.0 Å². The van der Waals surface area contributed by atoms with E-state index in [1.807, 2.05) is 4.89 Å². The molecule has 1 heterocycles. The number of aromatic nitrogens is 1. The number of sulfonamides is 1. The quantitative estimate of drug-likeness (QED) is 0.817. The molecule has 0 aromatic carbocycles. The summed E-state index contributed by atoms with van der Waals surface area (Å²) in [5, 5.41) is 0. The van der Waals surface area contributed by atoms with Gasteiger partial charge in [-0.2, -0.15) is 0 Å². The second-order valence-electron chi connectivity index (χ2n) is 4.14. The van der Waals surface area contributed by atoms with Crippen LogP contribution in [0.4, 0.5) is 4.39 Å². The van der Waals surface area contributed by atoms with Crippen molar-refractivity contribution in [3.8, 4) is 0 Å². The molecule has 90 valence electrons. The lowest BCUT2D eigenvalue weighted by Gasteiger charge is -2.18. The highest BCUT2D eigenvalue weighted by atomic mass is 32.2. The summed E-state index contributed by atoms with van der Waals surface area (Å²) in [4.78, 5) is 9.97. The monoisotopic (exact) mass is 248 g/mol. The molecule has 7 heteroatoms. The standard InChI is InChI=1S/C9H13FN2O3S/c1-9(2,3)15-12-16(13,14)8-4-7(10)5-11-6-8/h4-6,12H,1-3H3. The predicted octanol–water partition coefficient (Wildman–Crippen LogP) is 1.23. The second kappa shape index (κ2) is 4.44. The molecule has 5 nitrogen and oxygen atoms in total. The summed E-state index contributed by atoms with van der Waals surface area (Å²) in [5.74, 6) is -0.723. The third-order valence-electron chi connectivity index (χ3n) is 1.45. The Labute approximate surface area is 93.7 Å². The third kappa shape index (κ3) is 3.84. The average Bonchev–Trinajstić information content (AvgIpc) is 2.14. The van der Waals surface area contributed by atoms with Gasteiger partial charge < -0.3 is 0 Å². The maximum absolute atomic E-state index is 12.8. The van der Waals surface area contributed by atoms with Crippen LogP contribution in [0.5, 0.6) is 0 Å². The van der Waals surface area contributed by atoms with Crippen LogP contribution in [0, 0.1) is 5.82 Å². The van der Waals surface area contributed by atoms with Gasteiger partial charge in [-0.3, -0.25) is 9.82 Å². The Morgan fingerprint density at radius 3 is 2.50 bits per heavy atom. The average molecular weight is 248 g/mol. The van der Waals surface area contributed by atoms with Gasteiger partial charge in [0.05, 0.1) is 11.8 Å². The molecule has 0 spiro atoms. The number of pyridine rings is 1. The molecule has 0 fully saturated rings. The lowest BCUT2D eigenvalue weighted by atomic mass is 10.2. The first-order valence-corrected chi connectivity index (χ1v) is 5.99. The highest BCUT2D eigenvalue weighted by molar-refractivity contribution is 7.89. The lowest BCUT2D eigenvalue weighted by molar-refractivity contribution is -0.0357. The Morgan fingerprint density at radius 2 is 2.00 bits per heavy atom. The number of rotatable bonds is 3. The van der Waals surface area contributed by atoms with Crippen LogP contribution >= 0.6 is 0 Å². The fourth-order valence-corrected chi connectivity index (χ4v) is 1.69. The fraction of sp³-hybridized carbons (Fsp3) is 0.444. The number of halogens is 1. The Hall–Kier alpha value is -1.05. The topological polar surface area (TPSA) is 68.3 Å². The Bertz CT molecular complexity index is 468. The van der Waals surface area contributed by atoms with Crippen LogP contribution in [0.1, 0.15) is 20.8 Å². The van der Waals surface area contributed by atoms with E-state index in [0.717, 1.165) is 18.5 Å². The number of hydrogen-bond donors (Lipinski definition) is 1. The molecular formula is C9H13FN2O3S. The van der Waals surface area contributed by atoms with Gasteiger partial charge in [-0.15, -0.1) is 0 Å². The van der Waals surface area contributed by atoms with E-state index in [2.05, 4.69) is 4.98 Å². The first-order valence-electron chi connectivity index (χ1n) is 4.51. The second-order valence-corrected chi connectivity index (χ2v) is 5.79. The molecule has 0 radical (unpaired) electrons. The van der Waals surface area contributed by atoms with Gasteiger partial charge in [0.1, 0.15) is 10.7 Å². The molecule has 1 rings (SSSR count). The van der Waals surface area contributed by atoms with Gasteiger partial charge in [0, 0.05) is 6.20 Å². The van der Waals surface area contributed by atoms with Gasteiger partial charge in [0.2, 0.25) is 0 Å². The van der Waals surface area contributed by atoms with E-state index in [4.69, 9.17) is 4.84 Å². The van der Waals surface area contributed by atoms with Gasteiger partial charge in [-0.25, -0.2) is 12.8 Å². The van der Waals surface area contributed by atoms with Crippen molar-refractivity contribution in [2.24, 2.45) is 0 Å². The minimum Gasteiger partial charge on any atom is -0.281 e. The number of nitrogens with one attached hydrogen (secondary N) is 1. The Balaban J connectivity index is 2.87. The normalized spacial score (nSPS) is 12.8. The van der Waals surface area contributed by atoms with E-state index in [9.17, 15) is 12.8 Å². The van der Waals surface area contributed by atoms with Crippen LogP contribution in [-0.2, 0) is 14.9 Å². The van der Waals surface area contributed by atoms with E-state index in [0.29, 0.717) is 0 Å². The summed E-state index contributed by atoms with van der Waals surface area (Å²) in [6, 6.07) is 0.862. The molecule has 1 N–H and O–H groups in total.